The Morgan fingerprint density at radius 3 is 2.76 bits per heavy atom. The molecule has 0 fully saturated rings. The topological polar surface area (TPSA) is 16.1 Å². The predicted octanol–water partition coefficient (Wildman–Crippen LogP) is 3.68. The lowest BCUT2D eigenvalue weighted by molar-refractivity contribution is 0.918. The molecule has 0 saturated heterocycles. The molecule has 0 N–H and O–H groups in total. The lowest BCUT2D eigenvalue weighted by atomic mass is 10.2. The van der Waals surface area contributed by atoms with E-state index in [2.05, 4.69) is 48.1 Å². The molecule has 1 aromatic carbocycles. The van der Waals surface area contributed by atoms with Gasteiger partial charge in [-0.1, -0.05) is 23.7 Å². The van der Waals surface area contributed by atoms with Crippen LogP contribution in [0.1, 0.15) is 11.1 Å². The van der Waals surface area contributed by atoms with E-state index in [1.54, 1.807) is 6.20 Å². The molecule has 0 amide bonds. The van der Waals surface area contributed by atoms with Crippen molar-refractivity contribution in [2.75, 3.05) is 11.9 Å². The molecule has 88 valence electrons. The van der Waals surface area contributed by atoms with E-state index in [-0.39, 0.29) is 0 Å². The molecule has 17 heavy (non-hydrogen) atoms. The van der Waals surface area contributed by atoms with Crippen molar-refractivity contribution in [2.45, 2.75) is 13.5 Å². The molecule has 2 nitrogen and oxygen atoms in total. The number of pyridine rings is 1. The van der Waals surface area contributed by atoms with Gasteiger partial charge in [-0.2, -0.15) is 0 Å². The number of benzene rings is 1. The van der Waals surface area contributed by atoms with Gasteiger partial charge in [-0.25, -0.2) is 4.98 Å². The van der Waals surface area contributed by atoms with Crippen LogP contribution in [0.5, 0.6) is 0 Å². The van der Waals surface area contributed by atoms with Crippen LogP contribution in [-0.2, 0) is 6.54 Å². The number of aromatic nitrogens is 1. The number of anilines is 1. The summed E-state index contributed by atoms with van der Waals surface area (Å²) in [6, 6.07) is 12.3. The van der Waals surface area contributed by atoms with Crippen molar-refractivity contribution in [1.29, 1.82) is 0 Å². The van der Waals surface area contributed by atoms with Crippen molar-refractivity contribution in [1.82, 2.24) is 4.98 Å². The zero-order valence-electron chi connectivity index (χ0n) is 10.0. The van der Waals surface area contributed by atoms with Gasteiger partial charge in [-0.3, -0.25) is 0 Å². The highest BCUT2D eigenvalue weighted by Gasteiger charge is 2.02. The third kappa shape index (κ3) is 3.21. The van der Waals surface area contributed by atoms with Gasteiger partial charge >= 0.3 is 0 Å². The van der Waals surface area contributed by atoms with Gasteiger partial charge in [0.15, 0.2) is 0 Å². The maximum absolute atomic E-state index is 5.87. The van der Waals surface area contributed by atoms with E-state index in [1.807, 2.05) is 12.1 Å². The summed E-state index contributed by atoms with van der Waals surface area (Å²) in [5.41, 5.74) is 3.63. The van der Waals surface area contributed by atoms with E-state index in [0.29, 0.717) is 5.15 Å². The van der Waals surface area contributed by atoms with Crippen molar-refractivity contribution >= 4 is 17.3 Å². The van der Waals surface area contributed by atoms with Gasteiger partial charge < -0.3 is 4.90 Å². The summed E-state index contributed by atoms with van der Waals surface area (Å²) >= 11 is 5.87. The van der Waals surface area contributed by atoms with Gasteiger partial charge in [-0.15, -0.1) is 0 Å². The van der Waals surface area contributed by atoms with Crippen molar-refractivity contribution < 1.29 is 0 Å². The molecule has 0 aliphatic rings. The molecule has 2 rings (SSSR count). The molecule has 1 aromatic heterocycles. The van der Waals surface area contributed by atoms with Gasteiger partial charge in [0.1, 0.15) is 5.15 Å². The quantitative estimate of drug-likeness (QED) is 0.768. The molecule has 0 spiro atoms. The monoisotopic (exact) mass is 246 g/mol. The van der Waals surface area contributed by atoms with Crippen LogP contribution in [0.15, 0.2) is 42.6 Å². The first-order valence-corrected chi connectivity index (χ1v) is 5.91. The summed E-state index contributed by atoms with van der Waals surface area (Å²) in [6.45, 7) is 2.92. The number of aryl methyl sites for hydroxylation is 1. The first kappa shape index (κ1) is 11.9. The Labute approximate surface area is 107 Å². The van der Waals surface area contributed by atoms with E-state index in [4.69, 9.17) is 11.6 Å². The van der Waals surface area contributed by atoms with E-state index < -0.39 is 0 Å². The van der Waals surface area contributed by atoms with Crippen LogP contribution in [-0.4, -0.2) is 12.0 Å². The minimum atomic E-state index is 0.542. The molecule has 0 radical (unpaired) electrons. The fraction of sp³-hybridized carbons (Fsp3) is 0.214. The molecule has 0 aliphatic carbocycles. The number of hydrogen-bond acceptors (Lipinski definition) is 2. The third-order valence-corrected chi connectivity index (χ3v) is 2.86. The Morgan fingerprint density at radius 2 is 2.06 bits per heavy atom. The Kier molecular flexibility index (Phi) is 3.64. The van der Waals surface area contributed by atoms with Crippen LogP contribution in [0, 0.1) is 6.92 Å². The smallest absolute Gasteiger partial charge is 0.129 e. The zero-order valence-corrected chi connectivity index (χ0v) is 10.8. The largest absolute Gasteiger partial charge is 0.370 e. The van der Waals surface area contributed by atoms with Gasteiger partial charge in [0.2, 0.25) is 0 Å². The zero-order chi connectivity index (χ0) is 12.3. The van der Waals surface area contributed by atoms with Crippen LogP contribution >= 0.6 is 11.6 Å². The second-order valence-corrected chi connectivity index (χ2v) is 4.57. The first-order chi connectivity index (χ1) is 8.15. The molecule has 1 heterocycles. The van der Waals surface area contributed by atoms with Gasteiger partial charge in [0, 0.05) is 25.5 Å². The van der Waals surface area contributed by atoms with Crippen LogP contribution in [0.2, 0.25) is 5.15 Å². The third-order valence-electron chi connectivity index (χ3n) is 2.65. The highest BCUT2D eigenvalue weighted by atomic mass is 35.5. The van der Waals surface area contributed by atoms with Crippen molar-refractivity contribution in [3.63, 3.8) is 0 Å². The van der Waals surface area contributed by atoms with E-state index in [0.717, 1.165) is 12.1 Å². The highest BCUT2D eigenvalue weighted by molar-refractivity contribution is 6.29. The summed E-state index contributed by atoms with van der Waals surface area (Å²) < 4.78 is 0. The van der Waals surface area contributed by atoms with Crippen molar-refractivity contribution in [2.24, 2.45) is 0 Å². The number of hydrogen-bond donors (Lipinski definition) is 0. The fourth-order valence-electron chi connectivity index (χ4n) is 1.77. The highest BCUT2D eigenvalue weighted by Crippen LogP contribution is 2.17. The van der Waals surface area contributed by atoms with Crippen LogP contribution < -0.4 is 4.90 Å². The summed E-state index contributed by atoms with van der Waals surface area (Å²) in [4.78, 5) is 6.17. The van der Waals surface area contributed by atoms with Crippen molar-refractivity contribution in [3.8, 4) is 0 Å². The Bertz CT molecular complexity index is 511. The molecule has 0 atom stereocenters. The summed E-state index contributed by atoms with van der Waals surface area (Å²) in [5.74, 6) is 0. The minimum Gasteiger partial charge on any atom is -0.370 e. The van der Waals surface area contributed by atoms with Gasteiger partial charge in [0.05, 0.1) is 0 Å². The second-order valence-electron chi connectivity index (χ2n) is 4.18. The average molecular weight is 247 g/mol. The fourth-order valence-corrected chi connectivity index (χ4v) is 1.97. The Balaban J connectivity index is 2.14. The molecule has 0 saturated carbocycles. The SMILES string of the molecule is Cc1cccc(N(C)Cc2ccnc(Cl)c2)c1. The number of rotatable bonds is 3. The van der Waals surface area contributed by atoms with Crippen LogP contribution in [0.4, 0.5) is 5.69 Å². The minimum absolute atomic E-state index is 0.542. The predicted molar refractivity (Wildman–Crippen MR) is 72.5 cm³/mol. The molecular formula is C14H15ClN2. The van der Waals surface area contributed by atoms with E-state index in [9.17, 15) is 0 Å². The molecule has 0 aliphatic heterocycles. The maximum Gasteiger partial charge on any atom is 0.129 e. The van der Waals surface area contributed by atoms with Gasteiger partial charge in [-0.05, 0) is 42.3 Å². The summed E-state index contributed by atoms with van der Waals surface area (Å²) in [6.07, 6.45) is 1.74. The lowest BCUT2D eigenvalue weighted by Crippen LogP contribution is -2.16. The second kappa shape index (κ2) is 5.19. The van der Waals surface area contributed by atoms with E-state index >= 15 is 0 Å². The Morgan fingerprint density at radius 1 is 1.24 bits per heavy atom. The standard InChI is InChI=1S/C14H15ClN2/c1-11-4-3-5-13(8-11)17(2)10-12-6-7-16-14(15)9-12/h3-9H,10H2,1-2H3. The molecule has 2 aromatic rings. The van der Waals surface area contributed by atoms with Gasteiger partial charge in [0.25, 0.3) is 0 Å². The number of halogens is 1. The maximum atomic E-state index is 5.87. The lowest BCUT2D eigenvalue weighted by Gasteiger charge is -2.19. The number of nitrogens with zero attached hydrogens (tertiary/aromatic N) is 2. The summed E-state index contributed by atoms with van der Waals surface area (Å²) in [5, 5.41) is 0.542. The van der Waals surface area contributed by atoms with Crippen molar-refractivity contribution in [3.05, 3.63) is 58.9 Å². The normalized spacial score (nSPS) is 10.3. The molecule has 3 heteroatoms. The van der Waals surface area contributed by atoms with E-state index in [1.165, 1.54) is 11.3 Å². The molecule has 0 unspecified atom stereocenters. The molecular weight excluding hydrogens is 232 g/mol. The Hall–Kier alpha value is -1.54. The average Bonchev–Trinajstić information content (AvgIpc) is 2.29. The van der Waals surface area contributed by atoms with Crippen LogP contribution in [0.25, 0.3) is 0 Å². The van der Waals surface area contributed by atoms with Crippen LogP contribution in [0.3, 0.4) is 0 Å². The molecule has 0 bridgehead atoms. The first-order valence-electron chi connectivity index (χ1n) is 5.53. The summed E-state index contributed by atoms with van der Waals surface area (Å²) in [7, 11) is 2.07.